The molecule has 2 amide bonds. The molecule has 2 rings (SSSR count). The van der Waals surface area contributed by atoms with Crippen molar-refractivity contribution < 1.29 is 28.7 Å². The molecule has 2 aliphatic heterocycles. The zero-order valence-corrected chi connectivity index (χ0v) is 12.5. The predicted molar refractivity (Wildman–Crippen MR) is 69.7 cm³/mol. The lowest BCUT2D eigenvalue weighted by Gasteiger charge is -2.24. The van der Waals surface area contributed by atoms with Gasteiger partial charge >= 0.3 is 12.1 Å². The highest BCUT2D eigenvalue weighted by Gasteiger charge is 2.52. The Hall–Kier alpha value is -1.83. The van der Waals surface area contributed by atoms with Crippen LogP contribution in [0.5, 0.6) is 0 Å². The Morgan fingerprint density at radius 2 is 2.10 bits per heavy atom. The molecule has 3 unspecified atom stereocenters. The summed E-state index contributed by atoms with van der Waals surface area (Å²) in [5.41, 5.74) is -0.661. The highest BCUT2D eigenvalue weighted by Crippen LogP contribution is 2.35. The molecule has 0 radical (unpaired) electrons. The number of nitrogens with one attached hydrogen (secondary N) is 1. The van der Waals surface area contributed by atoms with Crippen LogP contribution in [0.4, 0.5) is 4.79 Å². The topological polar surface area (TPSA) is 97.5 Å². The molecule has 21 heavy (non-hydrogen) atoms. The monoisotopic (exact) mass is 300 g/mol. The number of carbonyl (C=O) groups is 3. The van der Waals surface area contributed by atoms with Gasteiger partial charge in [0, 0.05) is 6.42 Å². The molecule has 0 bridgehead atoms. The maximum Gasteiger partial charge on any atom is 0.408 e. The second kappa shape index (κ2) is 5.51. The Morgan fingerprint density at radius 1 is 1.43 bits per heavy atom. The number of rotatable bonds is 3. The molecule has 2 saturated heterocycles. The fourth-order valence-corrected chi connectivity index (χ4v) is 1.89. The summed E-state index contributed by atoms with van der Waals surface area (Å²) >= 11 is 0. The van der Waals surface area contributed by atoms with E-state index in [0.717, 1.165) is 5.06 Å². The number of hydrogen-bond donors (Lipinski definition) is 1. The van der Waals surface area contributed by atoms with Crippen molar-refractivity contribution in [3.8, 4) is 0 Å². The van der Waals surface area contributed by atoms with E-state index in [1.54, 1.807) is 20.8 Å². The number of amides is 2. The summed E-state index contributed by atoms with van der Waals surface area (Å²) in [4.78, 5) is 40.1. The minimum atomic E-state index is -0.938. The molecule has 3 atom stereocenters. The van der Waals surface area contributed by atoms with Crippen LogP contribution in [0.25, 0.3) is 0 Å². The summed E-state index contributed by atoms with van der Waals surface area (Å²) in [7, 11) is 0. The Labute approximate surface area is 122 Å². The number of piperidine rings is 1. The Balaban J connectivity index is 1.82. The second-order valence-corrected chi connectivity index (χ2v) is 6.10. The number of alkyl carbamates (subject to hydrolysis) is 1. The van der Waals surface area contributed by atoms with Crippen molar-refractivity contribution >= 4 is 18.0 Å². The smallest absolute Gasteiger partial charge is 0.408 e. The fraction of sp³-hybridized carbons (Fsp3) is 0.769. The second-order valence-electron chi connectivity index (χ2n) is 6.10. The van der Waals surface area contributed by atoms with Crippen LogP contribution in [-0.2, 0) is 23.9 Å². The van der Waals surface area contributed by atoms with Gasteiger partial charge in [-0.15, -0.1) is 5.06 Å². The molecular weight excluding hydrogens is 280 g/mol. The lowest BCUT2D eigenvalue weighted by Crippen LogP contribution is -2.47. The van der Waals surface area contributed by atoms with Crippen molar-refractivity contribution in [1.29, 1.82) is 0 Å². The average Bonchev–Trinajstić information content (AvgIpc) is 3.09. The van der Waals surface area contributed by atoms with E-state index in [1.165, 1.54) is 6.92 Å². The summed E-state index contributed by atoms with van der Waals surface area (Å²) < 4.78 is 10.2. The molecule has 2 heterocycles. The van der Waals surface area contributed by atoms with Crippen molar-refractivity contribution in [2.24, 2.45) is 0 Å². The lowest BCUT2D eigenvalue weighted by atomic mass is 10.1. The van der Waals surface area contributed by atoms with Gasteiger partial charge in [-0.05, 0) is 34.1 Å². The van der Waals surface area contributed by atoms with Crippen LogP contribution in [0.3, 0.4) is 0 Å². The van der Waals surface area contributed by atoms with Crippen molar-refractivity contribution in [3.63, 3.8) is 0 Å². The van der Waals surface area contributed by atoms with E-state index in [-0.39, 0.29) is 18.4 Å². The van der Waals surface area contributed by atoms with Crippen molar-refractivity contribution in [3.05, 3.63) is 0 Å². The summed E-state index contributed by atoms with van der Waals surface area (Å²) in [5, 5.41) is 3.30. The van der Waals surface area contributed by atoms with Crippen LogP contribution in [0, 0.1) is 0 Å². The van der Waals surface area contributed by atoms with E-state index in [4.69, 9.17) is 14.3 Å². The third-order valence-corrected chi connectivity index (χ3v) is 2.95. The van der Waals surface area contributed by atoms with Crippen LogP contribution in [0.1, 0.15) is 40.5 Å². The standard InChI is InChI=1S/C13H20N2O6/c1-7(14-12(18)20-13(2,3)4)11(17)21-15-9(16)6-5-8-10(15)19-8/h7-8,10H,5-6H2,1-4H3,(H,14,18). The Bertz CT molecular complexity index is 458. The number of epoxide rings is 1. The van der Waals surface area contributed by atoms with Crippen LogP contribution >= 0.6 is 0 Å². The molecule has 1 N–H and O–H groups in total. The molecule has 0 aromatic heterocycles. The van der Waals surface area contributed by atoms with Gasteiger partial charge in [0.15, 0.2) is 6.23 Å². The van der Waals surface area contributed by atoms with Crippen molar-refractivity contribution in [2.45, 2.75) is 64.5 Å². The van der Waals surface area contributed by atoms with E-state index in [2.05, 4.69) is 5.32 Å². The van der Waals surface area contributed by atoms with Gasteiger partial charge in [-0.3, -0.25) is 4.79 Å². The molecule has 0 aromatic carbocycles. The Kier molecular flexibility index (Phi) is 4.08. The van der Waals surface area contributed by atoms with Crippen LogP contribution in [-0.4, -0.2) is 47.0 Å². The number of hydroxylamine groups is 2. The molecule has 8 heteroatoms. The number of carbonyl (C=O) groups excluding carboxylic acids is 3. The highest BCUT2D eigenvalue weighted by atomic mass is 16.8. The van der Waals surface area contributed by atoms with Gasteiger partial charge < -0.3 is 19.6 Å². The van der Waals surface area contributed by atoms with Crippen molar-refractivity contribution in [2.75, 3.05) is 0 Å². The maximum absolute atomic E-state index is 11.9. The summed E-state index contributed by atoms with van der Waals surface area (Å²) in [6.07, 6.45) is -0.336. The molecule has 0 aliphatic carbocycles. The quantitative estimate of drug-likeness (QED) is 0.771. The first-order valence-corrected chi connectivity index (χ1v) is 6.86. The first-order valence-electron chi connectivity index (χ1n) is 6.86. The van der Waals surface area contributed by atoms with Crippen LogP contribution in [0.15, 0.2) is 0 Å². The summed E-state index contributed by atoms with van der Waals surface area (Å²) in [5.74, 6) is -1.04. The van der Waals surface area contributed by atoms with E-state index in [0.29, 0.717) is 6.42 Å². The molecular formula is C13H20N2O6. The zero-order valence-electron chi connectivity index (χ0n) is 12.5. The first-order chi connectivity index (χ1) is 9.67. The molecule has 0 aromatic rings. The maximum atomic E-state index is 11.9. The number of fused-ring (bicyclic) bond motifs is 1. The molecule has 2 aliphatic rings. The van der Waals surface area contributed by atoms with E-state index >= 15 is 0 Å². The van der Waals surface area contributed by atoms with Gasteiger partial charge in [0.2, 0.25) is 0 Å². The number of nitrogens with zero attached hydrogens (tertiary/aromatic N) is 1. The summed E-state index contributed by atoms with van der Waals surface area (Å²) in [6.45, 7) is 6.59. The van der Waals surface area contributed by atoms with Gasteiger partial charge in [-0.2, -0.15) is 0 Å². The molecule has 8 nitrogen and oxygen atoms in total. The number of hydrogen-bond acceptors (Lipinski definition) is 6. The van der Waals surface area contributed by atoms with Gasteiger partial charge in [-0.25, -0.2) is 9.59 Å². The SMILES string of the molecule is CC(NC(=O)OC(C)(C)C)C(=O)ON1C(=O)CCC2OC21. The van der Waals surface area contributed by atoms with E-state index in [1.807, 2.05) is 0 Å². The average molecular weight is 300 g/mol. The third kappa shape index (κ3) is 4.07. The summed E-state index contributed by atoms with van der Waals surface area (Å²) in [6, 6.07) is -0.938. The fourth-order valence-electron chi connectivity index (χ4n) is 1.89. The van der Waals surface area contributed by atoms with Gasteiger partial charge in [0.05, 0.1) is 0 Å². The largest absolute Gasteiger partial charge is 0.444 e. The van der Waals surface area contributed by atoms with Crippen LogP contribution < -0.4 is 5.32 Å². The lowest BCUT2D eigenvalue weighted by molar-refractivity contribution is -0.209. The highest BCUT2D eigenvalue weighted by molar-refractivity contribution is 5.83. The Morgan fingerprint density at radius 3 is 2.71 bits per heavy atom. The molecule has 0 spiro atoms. The molecule has 2 fully saturated rings. The van der Waals surface area contributed by atoms with Gasteiger partial charge in [0.25, 0.3) is 5.91 Å². The minimum absolute atomic E-state index is 0.0513. The van der Waals surface area contributed by atoms with Crippen molar-refractivity contribution in [1.82, 2.24) is 10.4 Å². The third-order valence-electron chi connectivity index (χ3n) is 2.95. The zero-order chi connectivity index (χ0) is 15.8. The van der Waals surface area contributed by atoms with E-state index in [9.17, 15) is 14.4 Å². The van der Waals surface area contributed by atoms with Gasteiger partial charge in [-0.1, -0.05) is 0 Å². The normalized spacial score (nSPS) is 25.7. The molecule has 118 valence electrons. The number of ether oxygens (including phenoxy) is 2. The first kappa shape index (κ1) is 15.6. The van der Waals surface area contributed by atoms with Crippen LogP contribution in [0.2, 0.25) is 0 Å². The van der Waals surface area contributed by atoms with Gasteiger partial charge in [0.1, 0.15) is 17.7 Å². The predicted octanol–water partition coefficient (Wildman–Crippen LogP) is 0.705. The van der Waals surface area contributed by atoms with E-state index < -0.39 is 29.9 Å². The minimum Gasteiger partial charge on any atom is -0.444 e. The molecule has 0 saturated carbocycles.